The molecule has 2 atom stereocenters. The fourth-order valence-corrected chi connectivity index (χ4v) is 5.87. The Morgan fingerprint density at radius 3 is 2.60 bits per heavy atom. The molecule has 0 bridgehead atoms. The Labute approximate surface area is 203 Å². The van der Waals surface area contributed by atoms with E-state index in [-0.39, 0.29) is 28.5 Å². The van der Waals surface area contributed by atoms with Crippen molar-refractivity contribution in [1.82, 2.24) is 9.88 Å². The number of nitrogens with zero attached hydrogens (tertiary/aromatic N) is 5. The molecular weight excluding hydrogens is 442 g/mol. The zero-order chi connectivity index (χ0) is 23.9. The van der Waals surface area contributed by atoms with E-state index in [2.05, 4.69) is 26.9 Å². The summed E-state index contributed by atoms with van der Waals surface area (Å²) in [5, 5.41) is 11.5. The fraction of sp³-hybridized carbons (Fsp3) is 0.333. The molecule has 2 aromatic carbocycles. The average molecular weight is 470 g/mol. The molecule has 1 aromatic heterocycles. The van der Waals surface area contributed by atoms with Gasteiger partial charge in [0.15, 0.2) is 0 Å². The van der Waals surface area contributed by atoms with Crippen LogP contribution in [0.5, 0.6) is 0 Å². The highest BCUT2D eigenvalue weighted by molar-refractivity contribution is 5.83. The van der Waals surface area contributed by atoms with Crippen LogP contribution in [0.1, 0.15) is 16.7 Å². The molecule has 3 aliphatic heterocycles. The predicted molar refractivity (Wildman–Crippen MR) is 133 cm³/mol. The Morgan fingerprint density at radius 1 is 0.971 bits per heavy atom. The van der Waals surface area contributed by atoms with Crippen LogP contribution in [0.3, 0.4) is 0 Å². The molecule has 1 amide bonds. The van der Waals surface area contributed by atoms with Crippen LogP contribution in [0.15, 0.2) is 66.9 Å². The number of nitro groups is 1. The number of rotatable bonds is 3. The molecule has 0 aliphatic carbocycles. The Hall–Kier alpha value is -3.94. The second kappa shape index (κ2) is 8.69. The molecular formula is C27H27N5O3. The number of hydrogen-bond donors (Lipinski definition) is 0. The Kier molecular flexibility index (Phi) is 5.36. The topological polar surface area (TPSA) is 82.8 Å². The molecule has 3 aromatic rings. The minimum absolute atomic E-state index is 0.0237. The maximum Gasteiger partial charge on any atom is 0.269 e. The van der Waals surface area contributed by atoms with Gasteiger partial charge in [-0.1, -0.05) is 30.3 Å². The van der Waals surface area contributed by atoms with E-state index in [1.807, 2.05) is 41.3 Å². The van der Waals surface area contributed by atoms with Gasteiger partial charge in [-0.25, -0.2) is 4.98 Å². The molecule has 178 valence electrons. The standard InChI is InChI=1S/C27H27N5O3/c33-27(30-12-10-19-5-1-2-6-20(19)17-30)23-16-21-15-22(32(34)35)8-9-24(21)31-14-13-29(18-25(23)31)26-7-3-4-11-28-26/h1-9,11,15,23,25H,10,12-14,16-18H2/t23-,25+/m0/s1. The van der Waals surface area contributed by atoms with Crippen LogP contribution in [0.4, 0.5) is 17.2 Å². The number of pyridine rings is 1. The van der Waals surface area contributed by atoms with Gasteiger partial charge in [-0.3, -0.25) is 14.9 Å². The summed E-state index contributed by atoms with van der Waals surface area (Å²) in [7, 11) is 0. The van der Waals surface area contributed by atoms with Crippen molar-refractivity contribution < 1.29 is 9.72 Å². The van der Waals surface area contributed by atoms with Crippen LogP contribution < -0.4 is 9.80 Å². The number of fused-ring (bicyclic) bond motifs is 4. The van der Waals surface area contributed by atoms with E-state index in [4.69, 9.17) is 0 Å². The number of carbonyl (C=O) groups is 1. The number of aromatic nitrogens is 1. The van der Waals surface area contributed by atoms with Gasteiger partial charge in [0, 0.05) is 56.7 Å². The first-order valence-electron chi connectivity index (χ1n) is 12.1. The lowest BCUT2D eigenvalue weighted by Crippen LogP contribution is -2.61. The minimum Gasteiger partial charge on any atom is -0.364 e. The minimum atomic E-state index is -0.357. The molecule has 1 saturated heterocycles. The first kappa shape index (κ1) is 21.6. The van der Waals surface area contributed by atoms with E-state index >= 15 is 0 Å². The summed E-state index contributed by atoms with van der Waals surface area (Å²) in [6, 6.07) is 19.3. The number of nitro benzene ring substituents is 1. The van der Waals surface area contributed by atoms with Crippen molar-refractivity contribution in [2.75, 3.05) is 36.0 Å². The zero-order valence-corrected chi connectivity index (χ0v) is 19.4. The number of non-ortho nitro benzene ring substituents is 1. The van der Waals surface area contributed by atoms with Crippen molar-refractivity contribution in [2.24, 2.45) is 5.92 Å². The Balaban J connectivity index is 1.34. The first-order chi connectivity index (χ1) is 17.1. The van der Waals surface area contributed by atoms with Crippen molar-refractivity contribution in [1.29, 1.82) is 0 Å². The van der Waals surface area contributed by atoms with E-state index in [0.29, 0.717) is 26.1 Å². The Morgan fingerprint density at radius 2 is 1.80 bits per heavy atom. The number of carbonyl (C=O) groups excluding carboxylic acids is 1. The number of hydrogen-bond acceptors (Lipinski definition) is 6. The third kappa shape index (κ3) is 3.88. The van der Waals surface area contributed by atoms with Crippen LogP contribution >= 0.6 is 0 Å². The monoisotopic (exact) mass is 469 g/mol. The lowest BCUT2D eigenvalue weighted by atomic mass is 9.82. The number of benzene rings is 2. The van der Waals surface area contributed by atoms with Crippen molar-refractivity contribution in [3.8, 4) is 0 Å². The highest BCUT2D eigenvalue weighted by atomic mass is 16.6. The summed E-state index contributed by atoms with van der Waals surface area (Å²) in [5.74, 6) is 0.774. The molecule has 8 heteroatoms. The van der Waals surface area contributed by atoms with Gasteiger partial charge in [0.05, 0.1) is 16.9 Å². The summed E-state index contributed by atoms with van der Waals surface area (Å²) < 4.78 is 0. The maximum absolute atomic E-state index is 14.0. The second-order valence-corrected chi connectivity index (χ2v) is 9.55. The van der Waals surface area contributed by atoms with Gasteiger partial charge in [0.25, 0.3) is 5.69 Å². The van der Waals surface area contributed by atoms with Crippen molar-refractivity contribution >= 4 is 23.1 Å². The SMILES string of the molecule is O=C([C@H]1Cc2cc([N+](=O)[O-])ccc2N2CCN(c3ccccn3)C[C@H]12)N1CCc2ccccc2C1. The van der Waals surface area contributed by atoms with Crippen molar-refractivity contribution in [3.05, 3.63) is 93.7 Å². The molecule has 0 N–H and O–H groups in total. The first-order valence-corrected chi connectivity index (χ1v) is 12.1. The molecule has 6 rings (SSSR count). The fourth-order valence-electron chi connectivity index (χ4n) is 5.87. The van der Waals surface area contributed by atoms with Crippen LogP contribution in [0, 0.1) is 16.0 Å². The lowest BCUT2D eigenvalue weighted by molar-refractivity contribution is -0.384. The van der Waals surface area contributed by atoms with Crippen molar-refractivity contribution in [2.45, 2.75) is 25.4 Å². The molecule has 1 fully saturated rings. The summed E-state index contributed by atoms with van der Waals surface area (Å²) >= 11 is 0. The molecule has 0 saturated carbocycles. The third-order valence-electron chi connectivity index (χ3n) is 7.64. The molecule has 0 unspecified atom stereocenters. The van der Waals surface area contributed by atoms with Gasteiger partial charge >= 0.3 is 0 Å². The van der Waals surface area contributed by atoms with Gasteiger partial charge in [-0.15, -0.1) is 0 Å². The van der Waals surface area contributed by atoms with Gasteiger partial charge in [-0.2, -0.15) is 0 Å². The average Bonchev–Trinajstić information content (AvgIpc) is 2.91. The van der Waals surface area contributed by atoms with E-state index in [9.17, 15) is 14.9 Å². The lowest BCUT2D eigenvalue weighted by Gasteiger charge is -2.50. The van der Waals surface area contributed by atoms with Gasteiger partial charge in [-0.05, 0) is 47.7 Å². The summed E-state index contributed by atoms with van der Waals surface area (Å²) in [6.45, 7) is 3.52. The number of piperazine rings is 1. The highest BCUT2D eigenvalue weighted by Crippen LogP contribution is 2.39. The van der Waals surface area contributed by atoms with Gasteiger partial charge in [0.2, 0.25) is 5.91 Å². The zero-order valence-electron chi connectivity index (χ0n) is 19.4. The van der Waals surface area contributed by atoms with Crippen molar-refractivity contribution in [3.63, 3.8) is 0 Å². The van der Waals surface area contributed by atoms with E-state index < -0.39 is 0 Å². The van der Waals surface area contributed by atoms with Crippen LogP contribution in [0.25, 0.3) is 0 Å². The normalized spacial score (nSPS) is 21.1. The number of amides is 1. The van der Waals surface area contributed by atoms with Gasteiger partial charge in [0.1, 0.15) is 5.82 Å². The van der Waals surface area contributed by atoms with Crippen LogP contribution in [-0.4, -0.2) is 52.9 Å². The van der Waals surface area contributed by atoms with Crippen LogP contribution in [0.2, 0.25) is 0 Å². The second-order valence-electron chi connectivity index (χ2n) is 9.55. The Bertz CT molecular complexity index is 1280. The smallest absolute Gasteiger partial charge is 0.269 e. The molecule has 8 nitrogen and oxygen atoms in total. The highest BCUT2D eigenvalue weighted by Gasteiger charge is 2.44. The molecule has 4 heterocycles. The molecule has 0 radical (unpaired) electrons. The molecule has 35 heavy (non-hydrogen) atoms. The molecule has 3 aliphatic rings. The van der Waals surface area contributed by atoms with E-state index in [1.165, 1.54) is 11.1 Å². The van der Waals surface area contributed by atoms with Crippen LogP contribution in [-0.2, 0) is 24.2 Å². The van der Waals surface area contributed by atoms with E-state index in [0.717, 1.165) is 36.6 Å². The quantitative estimate of drug-likeness (QED) is 0.432. The third-order valence-corrected chi connectivity index (χ3v) is 7.64. The number of anilines is 2. The van der Waals surface area contributed by atoms with E-state index in [1.54, 1.807) is 18.3 Å². The maximum atomic E-state index is 14.0. The summed E-state index contributed by atoms with van der Waals surface area (Å²) in [4.78, 5) is 36.2. The largest absolute Gasteiger partial charge is 0.364 e. The summed E-state index contributed by atoms with van der Waals surface area (Å²) in [6.07, 6.45) is 3.15. The summed E-state index contributed by atoms with van der Waals surface area (Å²) in [5.41, 5.74) is 4.48. The van der Waals surface area contributed by atoms with Gasteiger partial charge < -0.3 is 14.7 Å². The molecule has 0 spiro atoms. The predicted octanol–water partition coefficient (Wildman–Crippen LogP) is 3.44.